The van der Waals surface area contributed by atoms with Crippen molar-refractivity contribution in [3.63, 3.8) is 0 Å². The highest BCUT2D eigenvalue weighted by molar-refractivity contribution is 5.73. The van der Waals surface area contributed by atoms with Gasteiger partial charge in [0.25, 0.3) is 0 Å². The molecule has 140 valence electrons. The molecule has 0 unspecified atom stereocenters. The van der Waals surface area contributed by atoms with E-state index in [1.165, 1.54) is 0 Å². The first-order valence-electron chi connectivity index (χ1n) is 6.97. The fourth-order valence-corrected chi connectivity index (χ4v) is 2.29. The molecule has 6 nitrogen and oxygen atoms in total. The first-order chi connectivity index (χ1) is 11.5. The summed E-state index contributed by atoms with van der Waals surface area (Å²) < 4.78 is 74.8. The summed E-state index contributed by atoms with van der Waals surface area (Å²) in [6.45, 7) is 2.70. The van der Waals surface area contributed by atoms with Crippen molar-refractivity contribution >= 4 is 11.8 Å². The number of carbonyl (C=O) groups is 1. The van der Waals surface area contributed by atoms with Gasteiger partial charge in [0.15, 0.2) is 11.6 Å². The van der Waals surface area contributed by atoms with Crippen LogP contribution in [0.25, 0.3) is 0 Å². The number of alkyl halides is 6. The first-order valence-corrected chi connectivity index (χ1v) is 6.97. The Morgan fingerprint density at radius 2 is 1.96 bits per heavy atom. The zero-order chi connectivity index (χ0) is 18.8. The maximum atomic E-state index is 12.6. The van der Waals surface area contributed by atoms with Crippen LogP contribution in [-0.4, -0.2) is 54.5 Å². The van der Waals surface area contributed by atoms with Gasteiger partial charge in [-0.25, -0.2) is 9.78 Å². The van der Waals surface area contributed by atoms with Crippen LogP contribution in [0, 0.1) is 0 Å². The van der Waals surface area contributed by atoms with Crippen LogP contribution in [0.2, 0.25) is 0 Å². The van der Waals surface area contributed by atoms with E-state index in [4.69, 9.17) is 14.6 Å². The Kier molecular flexibility index (Phi) is 5.30. The van der Waals surface area contributed by atoms with E-state index >= 15 is 0 Å². The van der Waals surface area contributed by atoms with Gasteiger partial charge in [-0.15, -0.1) is 0 Å². The maximum Gasteiger partial charge on any atom is 0.490 e. The second-order valence-corrected chi connectivity index (χ2v) is 5.21. The molecule has 25 heavy (non-hydrogen) atoms. The molecule has 2 aliphatic rings. The molecule has 1 aromatic rings. The highest BCUT2D eigenvalue weighted by Crippen LogP contribution is 2.37. The number of nitrogens with one attached hydrogen (secondary N) is 1. The van der Waals surface area contributed by atoms with Crippen LogP contribution < -0.4 is 15.0 Å². The van der Waals surface area contributed by atoms with Gasteiger partial charge in [0.05, 0.1) is 11.6 Å². The average Bonchev–Trinajstić information content (AvgIpc) is 2.53. The van der Waals surface area contributed by atoms with Crippen LogP contribution in [0.3, 0.4) is 0 Å². The van der Waals surface area contributed by atoms with E-state index in [0.717, 1.165) is 31.9 Å². The lowest BCUT2D eigenvalue weighted by atomic mass is 10.1. The summed E-state index contributed by atoms with van der Waals surface area (Å²) in [6.07, 6.45) is -8.60. The number of halogens is 6. The van der Waals surface area contributed by atoms with Crippen LogP contribution in [0.5, 0.6) is 5.75 Å². The Balaban J connectivity index is 0.000000277. The van der Waals surface area contributed by atoms with Gasteiger partial charge in [-0.2, -0.15) is 26.3 Å². The standard InChI is InChI=1S/C11H12F3N3O.C2HF3O2/c12-11(13,14)7-3-9-10(16-4-7)17-2-1-15-5-8(17)6-18-9;3-2(4,5)1(6)7/h3-4,8,15H,1-2,5-6H2;(H,6,7)/t8-;/m1./s1. The third-order valence-corrected chi connectivity index (χ3v) is 3.46. The maximum absolute atomic E-state index is 12.6. The van der Waals surface area contributed by atoms with Crippen LogP contribution in [-0.2, 0) is 11.0 Å². The molecule has 1 saturated heterocycles. The summed E-state index contributed by atoms with van der Waals surface area (Å²) in [7, 11) is 0. The number of aromatic nitrogens is 1. The van der Waals surface area contributed by atoms with E-state index in [-0.39, 0.29) is 11.8 Å². The number of carboxylic acid groups (broad SMARTS) is 1. The van der Waals surface area contributed by atoms with E-state index < -0.39 is 23.9 Å². The molecule has 0 saturated carbocycles. The number of hydrogen-bond donors (Lipinski definition) is 2. The van der Waals surface area contributed by atoms with E-state index in [1.807, 2.05) is 4.90 Å². The van der Waals surface area contributed by atoms with Gasteiger partial charge < -0.3 is 20.1 Å². The smallest absolute Gasteiger partial charge is 0.487 e. The number of nitrogens with zero attached hydrogens (tertiary/aromatic N) is 2. The molecule has 1 aromatic heterocycles. The Hall–Kier alpha value is -2.24. The van der Waals surface area contributed by atoms with Crippen molar-refractivity contribution in [1.29, 1.82) is 0 Å². The molecule has 0 spiro atoms. The summed E-state index contributed by atoms with van der Waals surface area (Å²) in [5.41, 5.74) is -0.769. The molecule has 0 aliphatic carbocycles. The molecule has 12 heteroatoms. The predicted molar refractivity (Wildman–Crippen MR) is 72.4 cm³/mol. The average molecular weight is 373 g/mol. The Labute approximate surface area is 137 Å². The molecule has 0 bridgehead atoms. The van der Waals surface area contributed by atoms with Gasteiger partial charge in [-0.05, 0) is 6.07 Å². The Morgan fingerprint density at radius 3 is 2.52 bits per heavy atom. The zero-order valence-electron chi connectivity index (χ0n) is 12.5. The third kappa shape index (κ3) is 4.65. The lowest BCUT2D eigenvalue weighted by Gasteiger charge is -2.40. The summed E-state index contributed by atoms with van der Waals surface area (Å²) in [5, 5.41) is 10.3. The third-order valence-electron chi connectivity index (χ3n) is 3.46. The molecule has 2 aliphatic heterocycles. The van der Waals surface area contributed by atoms with E-state index in [1.54, 1.807) is 0 Å². The van der Waals surface area contributed by atoms with Gasteiger partial charge in [-0.3, -0.25) is 0 Å². The van der Waals surface area contributed by atoms with Crippen molar-refractivity contribution in [3.8, 4) is 5.75 Å². The van der Waals surface area contributed by atoms with E-state index in [0.29, 0.717) is 12.4 Å². The molecule has 3 rings (SSSR count). The molecule has 1 atom stereocenters. The van der Waals surface area contributed by atoms with Gasteiger partial charge >= 0.3 is 18.3 Å². The Bertz CT molecular complexity index is 634. The molecule has 3 heterocycles. The van der Waals surface area contributed by atoms with Gasteiger partial charge in [-0.1, -0.05) is 0 Å². The normalized spacial score (nSPS) is 19.8. The molecule has 1 fully saturated rings. The van der Waals surface area contributed by atoms with Gasteiger partial charge in [0, 0.05) is 25.8 Å². The number of rotatable bonds is 0. The monoisotopic (exact) mass is 373 g/mol. The number of pyridine rings is 1. The number of hydrogen-bond acceptors (Lipinski definition) is 5. The van der Waals surface area contributed by atoms with Crippen molar-refractivity contribution in [1.82, 2.24) is 10.3 Å². The van der Waals surface area contributed by atoms with Crippen molar-refractivity contribution in [2.45, 2.75) is 18.4 Å². The number of carboxylic acids is 1. The van der Waals surface area contributed by atoms with Crippen molar-refractivity contribution in [2.24, 2.45) is 0 Å². The summed E-state index contributed by atoms with van der Waals surface area (Å²) in [5.74, 6) is -2.02. The predicted octanol–water partition coefficient (Wildman–Crippen LogP) is 1.90. The lowest BCUT2D eigenvalue weighted by molar-refractivity contribution is -0.192. The number of piperazine rings is 1. The molecular formula is C13H13F6N3O3. The second kappa shape index (κ2) is 6.94. The molecular weight excluding hydrogens is 360 g/mol. The minimum absolute atomic E-state index is 0.149. The van der Waals surface area contributed by atoms with E-state index in [2.05, 4.69) is 10.3 Å². The highest BCUT2D eigenvalue weighted by atomic mass is 19.4. The van der Waals surface area contributed by atoms with Crippen LogP contribution in [0.1, 0.15) is 5.56 Å². The summed E-state index contributed by atoms with van der Waals surface area (Å²) in [6, 6.07) is 1.18. The SMILES string of the molecule is FC(F)(F)c1cnc2c(c1)OC[C@H]1CNCCN21.O=C(O)C(F)(F)F. The highest BCUT2D eigenvalue weighted by Gasteiger charge is 2.38. The zero-order valence-corrected chi connectivity index (χ0v) is 12.5. The summed E-state index contributed by atoms with van der Waals surface area (Å²) >= 11 is 0. The van der Waals surface area contributed by atoms with Gasteiger partial charge in [0.1, 0.15) is 6.61 Å². The lowest BCUT2D eigenvalue weighted by Crippen LogP contribution is -2.56. The summed E-state index contributed by atoms with van der Waals surface area (Å²) in [4.78, 5) is 14.8. The first kappa shape index (κ1) is 19.1. The molecule has 0 radical (unpaired) electrons. The van der Waals surface area contributed by atoms with Crippen LogP contribution >= 0.6 is 0 Å². The van der Waals surface area contributed by atoms with Crippen molar-refractivity contribution in [2.75, 3.05) is 31.1 Å². The number of ether oxygens (including phenoxy) is 1. The Morgan fingerprint density at radius 1 is 1.32 bits per heavy atom. The fourth-order valence-electron chi connectivity index (χ4n) is 2.29. The number of fused-ring (bicyclic) bond motifs is 3. The molecule has 0 aromatic carbocycles. The van der Waals surface area contributed by atoms with Crippen LogP contribution in [0.4, 0.5) is 32.2 Å². The second-order valence-electron chi connectivity index (χ2n) is 5.21. The quantitative estimate of drug-likeness (QED) is 0.677. The van der Waals surface area contributed by atoms with Gasteiger partial charge in [0.2, 0.25) is 0 Å². The van der Waals surface area contributed by atoms with Crippen molar-refractivity contribution in [3.05, 3.63) is 17.8 Å². The van der Waals surface area contributed by atoms with Crippen LogP contribution in [0.15, 0.2) is 12.3 Å². The molecule has 2 N–H and O–H groups in total. The largest absolute Gasteiger partial charge is 0.490 e. The van der Waals surface area contributed by atoms with Crippen molar-refractivity contribution < 1.29 is 41.0 Å². The topological polar surface area (TPSA) is 74.7 Å². The molecule has 0 amide bonds. The minimum Gasteiger partial charge on any atom is -0.487 e. The minimum atomic E-state index is -5.08. The number of aliphatic carboxylic acids is 1. The van der Waals surface area contributed by atoms with E-state index in [9.17, 15) is 26.3 Å². The number of anilines is 1. The fraction of sp³-hybridized carbons (Fsp3) is 0.538.